The van der Waals surface area contributed by atoms with Crippen molar-refractivity contribution in [1.29, 1.82) is 0 Å². The highest BCUT2D eigenvalue weighted by atomic mass is 16.2. The Morgan fingerprint density at radius 3 is 1.23 bits per heavy atom. The van der Waals surface area contributed by atoms with Crippen LogP contribution in [-0.2, 0) is 0 Å². The van der Waals surface area contributed by atoms with Crippen LogP contribution in [0.5, 0.6) is 0 Å². The summed E-state index contributed by atoms with van der Waals surface area (Å²) in [5, 5.41) is 5.75. The zero-order chi connectivity index (χ0) is 19.1. The lowest BCUT2D eigenvalue weighted by Crippen LogP contribution is -2.29. The van der Waals surface area contributed by atoms with Gasteiger partial charge >= 0.3 is 0 Å². The maximum absolute atomic E-state index is 11.9. The number of hydrogen-bond acceptors (Lipinski definition) is 2. The fourth-order valence-corrected chi connectivity index (χ4v) is 2.37. The van der Waals surface area contributed by atoms with Crippen LogP contribution in [0.15, 0.2) is 48.5 Å². The van der Waals surface area contributed by atoms with Crippen LogP contribution < -0.4 is 10.6 Å². The highest BCUT2D eigenvalue weighted by Crippen LogP contribution is 2.11. The summed E-state index contributed by atoms with van der Waals surface area (Å²) < 4.78 is 0. The second kappa shape index (κ2) is 8.99. The van der Waals surface area contributed by atoms with Crippen LogP contribution in [0.2, 0.25) is 0 Å². The lowest BCUT2D eigenvalue weighted by molar-refractivity contribution is 0.0934. The number of rotatable bonds is 6. The van der Waals surface area contributed by atoms with Crippen LogP contribution >= 0.6 is 0 Å². The molecule has 0 aliphatic heterocycles. The standard InChI is InChI=1S/C22H26N2O2/c1-15(2)23-21(25)19-11-7-17(8-12-19)5-6-18-9-13-20(14-10-18)22(26)24-16(3)4/h5-16H,1-4H3,(H,23,25)(H,24,26)/b6-5+. The van der Waals surface area contributed by atoms with Crippen molar-refractivity contribution in [3.8, 4) is 0 Å². The third-order valence-corrected chi connectivity index (χ3v) is 3.65. The molecule has 0 aliphatic carbocycles. The normalized spacial score (nSPS) is 11.2. The first kappa shape index (κ1) is 19.4. The van der Waals surface area contributed by atoms with Crippen molar-refractivity contribution in [3.63, 3.8) is 0 Å². The molecular formula is C22H26N2O2. The van der Waals surface area contributed by atoms with Crippen LogP contribution in [0.4, 0.5) is 0 Å². The maximum atomic E-state index is 11.9. The summed E-state index contributed by atoms with van der Waals surface area (Å²) in [6, 6.07) is 15.2. The number of carbonyl (C=O) groups is 2. The monoisotopic (exact) mass is 350 g/mol. The van der Waals surface area contributed by atoms with Crippen molar-refractivity contribution in [2.24, 2.45) is 0 Å². The van der Waals surface area contributed by atoms with Crippen LogP contribution in [0.1, 0.15) is 59.5 Å². The molecule has 0 radical (unpaired) electrons. The quantitative estimate of drug-likeness (QED) is 0.770. The smallest absolute Gasteiger partial charge is 0.251 e. The van der Waals surface area contributed by atoms with Gasteiger partial charge in [-0.05, 0) is 63.1 Å². The Morgan fingerprint density at radius 2 is 0.962 bits per heavy atom. The number of hydrogen-bond donors (Lipinski definition) is 2. The van der Waals surface area contributed by atoms with Gasteiger partial charge in [-0.25, -0.2) is 0 Å². The summed E-state index contributed by atoms with van der Waals surface area (Å²) in [6.07, 6.45) is 3.96. The molecule has 2 amide bonds. The van der Waals surface area contributed by atoms with Crippen LogP contribution in [0, 0.1) is 0 Å². The molecule has 0 aliphatic rings. The van der Waals surface area contributed by atoms with Crippen LogP contribution in [-0.4, -0.2) is 23.9 Å². The Bertz CT molecular complexity index is 705. The van der Waals surface area contributed by atoms with Gasteiger partial charge in [0, 0.05) is 23.2 Å². The molecule has 0 spiro atoms. The first-order chi connectivity index (χ1) is 12.3. The fourth-order valence-electron chi connectivity index (χ4n) is 2.37. The van der Waals surface area contributed by atoms with Crippen molar-refractivity contribution in [2.45, 2.75) is 39.8 Å². The van der Waals surface area contributed by atoms with E-state index < -0.39 is 0 Å². The van der Waals surface area contributed by atoms with E-state index in [1.807, 2.05) is 88.4 Å². The minimum Gasteiger partial charge on any atom is -0.350 e. The minimum absolute atomic E-state index is 0.0641. The fraction of sp³-hybridized carbons (Fsp3) is 0.273. The van der Waals surface area contributed by atoms with Crippen molar-refractivity contribution < 1.29 is 9.59 Å². The lowest BCUT2D eigenvalue weighted by Gasteiger charge is -2.08. The summed E-state index contributed by atoms with van der Waals surface area (Å²) in [5.41, 5.74) is 3.31. The van der Waals surface area contributed by atoms with E-state index in [-0.39, 0.29) is 23.9 Å². The summed E-state index contributed by atoms with van der Waals surface area (Å²) in [4.78, 5) is 23.9. The molecule has 26 heavy (non-hydrogen) atoms. The average Bonchev–Trinajstić information content (AvgIpc) is 2.59. The SMILES string of the molecule is CC(C)NC(=O)c1ccc(/C=C/c2ccc(C(=O)NC(C)C)cc2)cc1. The van der Waals surface area contributed by atoms with E-state index in [1.54, 1.807) is 0 Å². The number of nitrogens with one attached hydrogen (secondary N) is 2. The molecule has 0 unspecified atom stereocenters. The van der Waals surface area contributed by atoms with Crippen molar-refractivity contribution >= 4 is 24.0 Å². The highest BCUT2D eigenvalue weighted by Gasteiger charge is 2.07. The topological polar surface area (TPSA) is 58.2 Å². The Kier molecular flexibility index (Phi) is 6.73. The average molecular weight is 350 g/mol. The van der Waals surface area contributed by atoms with Crippen molar-refractivity contribution in [3.05, 3.63) is 70.8 Å². The molecule has 2 N–H and O–H groups in total. The van der Waals surface area contributed by atoms with Crippen LogP contribution in [0.25, 0.3) is 12.2 Å². The second-order valence-electron chi connectivity index (χ2n) is 6.83. The molecule has 2 rings (SSSR count). The zero-order valence-corrected chi connectivity index (χ0v) is 15.7. The predicted molar refractivity (Wildman–Crippen MR) is 107 cm³/mol. The molecule has 4 heteroatoms. The predicted octanol–water partition coefficient (Wildman–Crippen LogP) is 4.13. The first-order valence-corrected chi connectivity index (χ1v) is 8.85. The molecule has 2 aromatic carbocycles. The van der Waals surface area contributed by atoms with Gasteiger partial charge in [-0.3, -0.25) is 9.59 Å². The Morgan fingerprint density at radius 1 is 0.654 bits per heavy atom. The molecular weight excluding hydrogens is 324 g/mol. The van der Waals surface area contributed by atoms with Gasteiger partial charge in [0.2, 0.25) is 0 Å². The summed E-state index contributed by atoms with van der Waals surface area (Å²) in [5.74, 6) is -0.128. The lowest BCUT2D eigenvalue weighted by atomic mass is 10.1. The number of amides is 2. The molecule has 136 valence electrons. The second-order valence-corrected chi connectivity index (χ2v) is 6.83. The number of benzene rings is 2. The Hall–Kier alpha value is -2.88. The van der Waals surface area contributed by atoms with E-state index in [9.17, 15) is 9.59 Å². The molecule has 0 heterocycles. The van der Waals surface area contributed by atoms with E-state index in [0.717, 1.165) is 11.1 Å². The minimum atomic E-state index is -0.0641. The van der Waals surface area contributed by atoms with Gasteiger partial charge in [-0.2, -0.15) is 0 Å². The van der Waals surface area contributed by atoms with Gasteiger partial charge in [0.25, 0.3) is 11.8 Å². The van der Waals surface area contributed by atoms with E-state index in [0.29, 0.717) is 11.1 Å². The summed E-state index contributed by atoms with van der Waals surface area (Å²) >= 11 is 0. The molecule has 4 nitrogen and oxygen atoms in total. The molecule has 0 aromatic heterocycles. The molecule has 2 aromatic rings. The molecule has 0 saturated carbocycles. The van der Waals surface area contributed by atoms with Gasteiger partial charge in [0.05, 0.1) is 0 Å². The highest BCUT2D eigenvalue weighted by molar-refractivity contribution is 5.95. The van der Waals surface area contributed by atoms with Gasteiger partial charge in [-0.15, -0.1) is 0 Å². The van der Waals surface area contributed by atoms with Crippen molar-refractivity contribution in [1.82, 2.24) is 10.6 Å². The molecule has 0 saturated heterocycles. The third-order valence-electron chi connectivity index (χ3n) is 3.65. The number of carbonyl (C=O) groups excluding carboxylic acids is 2. The van der Waals surface area contributed by atoms with E-state index in [4.69, 9.17) is 0 Å². The van der Waals surface area contributed by atoms with Gasteiger partial charge in [-0.1, -0.05) is 36.4 Å². The molecule has 0 bridgehead atoms. The van der Waals surface area contributed by atoms with E-state index in [1.165, 1.54) is 0 Å². The van der Waals surface area contributed by atoms with Gasteiger partial charge in [0.15, 0.2) is 0 Å². The molecule has 0 atom stereocenters. The third kappa shape index (κ3) is 5.88. The zero-order valence-electron chi connectivity index (χ0n) is 15.7. The van der Waals surface area contributed by atoms with E-state index >= 15 is 0 Å². The molecule has 0 fully saturated rings. The van der Waals surface area contributed by atoms with Crippen LogP contribution in [0.3, 0.4) is 0 Å². The van der Waals surface area contributed by atoms with Crippen molar-refractivity contribution in [2.75, 3.05) is 0 Å². The Balaban J connectivity index is 2.01. The Labute approximate surface area is 155 Å². The first-order valence-electron chi connectivity index (χ1n) is 8.85. The maximum Gasteiger partial charge on any atom is 0.251 e. The summed E-state index contributed by atoms with van der Waals surface area (Å²) in [6.45, 7) is 7.75. The van der Waals surface area contributed by atoms with E-state index in [2.05, 4.69) is 10.6 Å². The summed E-state index contributed by atoms with van der Waals surface area (Å²) in [7, 11) is 0. The largest absolute Gasteiger partial charge is 0.350 e. The van der Waals surface area contributed by atoms with Gasteiger partial charge in [0.1, 0.15) is 0 Å². The van der Waals surface area contributed by atoms with Gasteiger partial charge < -0.3 is 10.6 Å².